The van der Waals surface area contributed by atoms with Crippen LogP contribution < -0.4 is 10.6 Å². The Hall–Kier alpha value is -2.95. The third-order valence-electron chi connectivity index (χ3n) is 7.15. The van der Waals surface area contributed by atoms with E-state index in [2.05, 4.69) is 29.7 Å². The van der Waals surface area contributed by atoms with Crippen molar-refractivity contribution in [2.24, 2.45) is 11.1 Å². The Labute approximate surface area is 212 Å². The Balaban J connectivity index is 1.14. The van der Waals surface area contributed by atoms with Gasteiger partial charge in [0.25, 0.3) is 0 Å². The molecule has 1 spiro atoms. The summed E-state index contributed by atoms with van der Waals surface area (Å²) in [6.07, 6.45) is 9.25. The minimum Gasteiger partial charge on any atom is -0.355 e. The Bertz CT molecular complexity index is 1370. The second kappa shape index (κ2) is 8.61. The number of hydrogen-bond acceptors (Lipinski definition) is 8. The summed E-state index contributed by atoms with van der Waals surface area (Å²) in [6.45, 7) is 6.65. The number of halogens is 1. The molecule has 11 heteroatoms. The minimum atomic E-state index is 0.0430. The predicted molar refractivity (Wildman–Crippen MR) is 135 cm³/mol. The highest BCUT2D eigenvalue weighted by Gasteiger charge is 2.46. The van der Waals surface area contributed by atoms with Crippen LogP contribution in [0.15, 0.2) is 52.9 Å². The summed E-state index contributed by atoms with van der Waals surface area (Å²) in [7, 11) is 0. The van der Waals surface area contributed by atoms with Gasteiger partial charge in [-0.15, -0.1) is 0 Å². The van der Waals surface area contributed by atoms with Crippen LogP contribution in [-0.2, 0) is 6.54 Å². The quantitative estimate of drug-likeness (QED) is 0.442. The maximum atomic E-state index is 6.71. The van der Waals surface area contributed by atoms with Crippen molar-refractivity contribution < 1.29 is 0 Å². The highest BCUT2D eigenvalue weighted by atomic mass is 35.5. The first-order valence-electron chi connectivity index (χ1n) is 11.6. The number of pyridine rings is 1. The van der Waals surface area contributed by atoms with Gasteiger partial charge >= 0.3 is 0 Å². The van der Waals surface area contributed by atoms with Crippen LogP contribution in [0.3, 0.4) is 0 Å². The molecular weight excluding hydrogens is 482 g/mol. The first-order chi connectivity index (χ1) is 16.9. The van der Waals surface area contributed by atoms with Gasteiger partial charge in [0.05, 0.1) is 34.8 Å². The van der Waals surface area contributed by atoms with Crippen LogP contribution in [0.4, 0.5) is 5.82 Å². The standard InChI is InChI=1S/C24H26ClN9S/c1-15-11-16(2)34(31-15)23-21(25)18(4-7-27-23)35-20-13-28-19(12-29-20)32-9-5-24(6-10-32)14-33-17(22(24)26)3-8-30-33/h3-4,7-8,11-13,22H,5-6,9-10,14,26H2,1-2H3. The minimum absolute atomic E-state index is 0.0430. The number of rotatable bonds is 4. The number of nitrogens with two attached hydrogens (primary N) is 1. The largest absolute Gasteiger partial charge is 0.355 e. The molecule has 0 saturated carbocycles. The van der Waals surface area contributed by atoms with Gasteiger partial charge in [0.2, 0.25) is 0 Å². The monoisotopic (exact) mass is 507 g/mol. The van der Waals surface area contributed by atoms with E-state index in [1.54, 1.807) is 17.1 Å². The molecule has 35 heavy (non-hydrogen) atoms. The van der Waals surface area contributed by atoms with E-state index >= 15 is 0 Å². The van der Waals surface area contributed by atoms with Crippen molar-refractivity contribution in [1.29, 1.82) is 0 Å². The molecule has 1 atom stereocenters. The molecule has 1 unspecified atom stereocenters. The number of hydrogen-bond donors (Lipinski definition) is 1. The topological polar surface area (TPSA) is 104 Å². The lowest BCUT2D eigenvalue weighted by Gasteiger charge is -2.41. The molecule has 0 radical (unpaired) electrons. The van der Waals surface area contributed by atoms with Gasteiger partial charge in [-0.25, -0.2) is 19.6 Å². The van der Waals surface area contributed by atoms with Crippen LogP contribution >= 0.6 is 23.4 Å². The summed E-state index contributed by atoms with van der Waals surface area (Å²) in [5, 5.41) is 10.3. The number of piperidine rings is 1. The second-order valence-corrected chi connectivity index (χ2v) is 10.8. The molecule has 6 heterocycles. The van der Waals surface area contributed by atoms with E-state index in [4.69, 9.17) is 22.3 Å². The Kier molecular flexibility index (Phi) is 5.54. The fraction of sp³-hybridized carbons (Fsp3) is 0.375. The average Bonchev–Trinajstić information content (AvgIpc) is 3.52. The zero-order valence-corrected chi connectivity index (χ0v) is 21.2. The molecule has 0 bridgehead atoms. The van der Waals surface area contributed by atoms with E-state index in [1.165, 1.54) is 11.8 Å². The maximum Gasteiger partial charge on any atom is 0.173 e. The highest BCUT2D eigenvalue weighted by molar-refractivity contribution is 7.99. The lowest BCUT2D eigenvalue weighted by atomic mass is 9.73. The summed E-state index contributed by atoms with van der Waals surface area (Å²) < 4.78 is 3.83. The smallest absolute Gasteiger partial charge is 0.173 e. The van der Waals surface area contributed by atoms with Gasteiger partial charge in [-0.3, -0.25) is 4.68 Å². The summed E-state index contributed by atoms with van der Waals surface area (Å²) >= 11 is 8.18. The van der Waals surface area contributed by atoms with E-state index in [9.17, 15) is 0 Å². The van der Waals surface area contributed by atoms with Crippen LogP contribution in [0.25, 0.3) is 5.82 Å². The normalized spacial score (nSPS) is 18.9. The first-order valence-corrected chi connectivity index (χ1v) is 12.8. The van der Waals surface area contributed by atoms with E-state index in [0.29, 0.717) is 10.8 Å². The van der Waals surface area contributed by atoms with Gasteiger partial charge in [-0.2, -0.15) is 10.2 Å². The molecule has 1 fully saturated rings. The van der Waals surface area contributed by atoms with Gasteiger partial charge < -0.3 is 10.6 Å². The summed E-state index contributed by atoms with van der Waals surface area (Å²) in [4.78, 5) is 17.0. The molecule has 1 saturated heterocycles. The number of aromatic nitrogens is 7. The molecule has 6 rings (SSSR count). The Morgan fingerprint density at radius 1 is 1.09 bits per heavy atom. The van der Waals surface area contributed by atoms with Gasteiger partial charge in [-0.1, -0.05) is 23.4 Å². The number of fused-ring (bicyclic) bond motifs is 1. The molecule has 0 aromatic carbocycles. The van der Waals surface area contributed by atoms with E-state index < -0.39 is 0 Å². The van der Waals surface area contributed by atoms with Gasteiger partial charge in [0.1, 0.15) is 10.8 Å². The summed E-state index contributed by atoms with van der Waals surface area (Å²) in [5.41, 5.74) is 9.75. The van der Waals surface area contributed by atoms with Crippen molar-refractivity contribution in [3.05, 3.63) is 65.1 Å². The van der Waals surface area contributed by atoms with Crippen molar-refractivity contribution in [1.82, 2.24) is 34.5 Å². The lowest BCUT2D eigenvalue weighted by Crippen LogP contribution is -2.45. The predicted octanol–water partition coefficient (Wildman–Crippen LogP) is 3.98. The van der Waals surface area contributed by atoms with Crippen LogP contribution in [0.2, 0.25) is 5.02 Å². The van der Waals surface area contributed by atoms with Gasteiger partial charge in [0, 0.05) is 48.0 Å². The van der Waals surface area contributed by atoms with Crippen molar-refractivity contribution in [2.45, 2.75) is 49.2 Å². The van der Waals surface area contributed by atoms with Gasteiger partial charge in [-0.05, 0) is 44.9 Å². The highest BCUT2D eigenvalue weighted by Crippen LogP contribution is 2.47. The molecule has 9 nitrogen and oxygen atoms in total. The zero-order valence-electron chi connectivity index (χ0n) is 19.6. The molecule has 2 aliphatic heterocycles. The molecule has 4 aromatic rings. The molecular formula is C24H26ClN9S. The van der Waals surface area contributed by atoms with Crippen molar-refractivity contribution >= 4 is 29.2 Å². The van der Waals surface area contributed by atoms with E-state index in [-0.39, 0.29) is 11.5 Å². The molecule has 4 aromatic heterocycles. The van der Waals surface area contributed by atoms with Crippen LogP contribution in [0, 0.1) is 19.3 Å². The van der Waals surface area contributed by atoms with Crippen LogP contribution in [0.5, 0.6) is 0 Å². The molecule has 2 aliphatic rings. The Morgan fingerprint density at radius 3 is 2.60 bits per heavy atom. The SMILES string of the molecule is Cc1cc(C)n(-c2nccc(Sc3cnc(N4CCC5(CC4)Cn4nccc4C5N)cn3)c2Cl)n1. The third kappa shape index (κ3) is 3.89. The molecule has 2 N–H and O–H groups in total. The van der Waals surface area contributed by atoms with Crippen molar-refractivity contribution in [2.75, 3.05) is 18.0 Å². The summed E-state index contributed by atoms with van der Waals surface area (Å²) in [5.74, 6) is 1.50. The average molecular weight is 508 g/mol. The number of anilines is 1. The third-order valence-corrected chi connectivity index (χ3v) is 8.62. The fourth-order valence-corrected chi connectivity index (χ4v) is 6.28. The fourth-order valence-electron chi connectivity index (χ4n) is 5.22. The molecule has 0 aliphatic carbocycles. The summed E-state index contributed by atoms with van der Waals surface area (Å²) in [6, 6.07) is 5.97. The number of aryl methyl sites for hydroxylation is 2. The van der Waals surface area contributed by atoms with E-state index in [1.807, 2.05) is 44.4 Å². The Morgan fingerprint density at radius 2 is 1.91 bits per heavy atom. The maximum absolute atomic E-state index is 6.71. The second-order valence-electron chi connectivity index (χ2n) is 9.34. The van der Waals surface area contributed by atoms with Crippen molar-refractivity contribution in [3.8, 4) is 5.82 Å². The number of nitrogens with zero attached hydrogens (tertiary/aromatic N) is 8. The van der Waals surface area contributed by atoms with E-state index in [0.717, 1.165) is 65.3 Å². The molecule has 0 amide bonds. The van der Waals surface area contributed by atoms with Crippen molar-refractivity contribution in [3.63, 3.8) is 0 Å². The zero-order chi connectivity index (χ0) is 24.2. The lowest BCUT2D eigenvalue weighted by molar-refractivity contribution is 0.170. The first kappa shape index (κ1) is 22.5. The van der Waals surface area contributed by atoms with Crippen LogP contribution in [0.1, 0.15) is 36.0 Å². The van der Waals surface area contributed by atoms with Crippen LogP contribution in [-0.4, -0.2) is 47.6 Å². The van der Waals surface area contributed by atoms with Gasteiger partial charge in [0.15, 0.2) is 5.82 Å². The molecule has 180 valence electrons.